The van der Waals surface area contributed by atoms with Crippen molar-refractivity contribution in [1.82, 2.24) is 14.9 Å². The summed E-state index contributed by atoms with van der Waals surface area (Å²) in [4.78, 5) is 52.2. The van der Waals surface area contributed by atoms with Crippen LogP contribution < -0.4 is 10.2 Å². The second-order valence-electron chi connectivity index (χ2n) is 11.8. The summed E-state index contributed by atoms with van der Waals surface area (Å²) in [5.41, 5.74) is 0.440. The van der Waals surface area contributed by atoms with E-state index >= 15 is 0 Å². The first kappa shape index (κ1) is 31.5. The summed E-state index contributed by atoms with van der Waals surface area (Å²) in [5.74, 6) is -1.23. The Hall–Kier alpha value is -4.48. The van der Waals surface area contributed by atoms with Gasteiger partial charge in [0.1, 0.15) is 11.9 Å². The Kier molecular flexibility index (Phi) is 8.02. The normalized spacial score (nSPS) is 17.3. The van der Waals surface area contributed by atoms with Crippen LogP contribution in [0.4, 0.5) is 24.7 Å². The van der Waals surface area contributed by atoms with Gasteiger partial charge < -0.3 is 10.2 Å². The molecule has 46 heavy (non-hydrogen) atoms. The predicted octanol–water partition coefficient (Wildman–Crippen LogP) is 6.95. The number of anilines is 2. The zero-order valence-corrected chi connectivity index (χ0v) is 26.0. The minimum absolute atomic E-state index is 0.0264. The third kappa shape index (κ3) is 5.92. The molecule has 236 valence electrons. The summed E-state index contributed by atoms with van der Waals surface area (Å²) in [6.07, 6.45) is -2.12. The molecule has 2 aromatic carbocycles. The Bertz CT molecular complexity index is 1880. The topological polar surface area (TPSA) is 95.5 Å². The molecule has 1 atom stereocenters. The maximum Gasteiger partial charge on any atom is 0.417 e. The van der Waals surface area contributed by atoms with E-state index in [1.165, 1.54) is 28.0 Å². The number of aromatic nitrogens is 2. The number of hydrogen-bond acceptors (Lipinski definition) is 5. The number of alkyl halides is 3. The molecule has 0 radical (unpaired) electrons. The van der Waals surface area contributed by atoms with E-state index in [4.69, 9.17) is 23.2 Å². The number of nitrogens with zero attached hydrogens (tertiary/aromatic N) is 4. The van der Waals surface area contributed by atoms with Gasteiger partial charge in [-0.15, -0.1) is 0 Å². The van der Waals surface area contributed by atoms with E-state index in [9.17, 15) is 27.6 Å². The number of fused-ring (bicyclic) bond motifs is 2. The van der Waals surface area contributed by atoms with Gasteiger partial charge in [-0.1, -0.05) is 49.2 Å². The lowest BCUT2D eigenvalue weighted by Crippen LogP contribution is -2.46. The average molecular weight is 669 g/mol. The highest BCUT2D eigenvalue weighted by atomic mass is 35.5. The first-order valence-corrected chi connectivity index (χ1v) is 15.0. The summed E-state index contributed by atoms with van der Waals surface area (Å²) in [7, 11) is 0. The van der Waals surface area contributed by atoms with Gasteiger partial charge in [0.15, 0.2) is 0 Å². The van der Waals surface area contributed by atoms with E-state index in [0.29, 0.717) is 33.7 Å². The first-order chi connectivity index (χ1) is 21.7. The molecule has 2 aliphatic rings. The largest absolute Gasteiger partial charge is 0.417 e. The molecule has 1 N–H and O–H groups in total. The maximum atomic E-state index is 13.9. The van der Waals surface area contributed by atoms with Crippen molar-refractivity contribution in [2.24, 2.45) is 0 Å². The Morgan fingerprint density at radius 1 is 1.04 bits per heavy atom. The van der Waals surface area contributed by atoms with Gasteiger partial charge in [-0.3, -0.25) is 24.3 Å². The zero-order chi connectivity index (χ0) is 33.0. The Morgan fingerprint density at radius 2 is 1.83 bits per heavy atom. The lowest BCUT2D eigenvalue weighted by atomic mass is 9.87. The third-order valence-corrected chi connectivity index (χ3v) is 8.68. The van der Waals surface area contributed by atoms with Crippen molar-refractivity contribution in [1.29, 1.82) is 0 Å². The van der Waals surface area contributed by atoms with E-state index in [2.05, 4.69) is 15.3 Å². The number of rotatable bonds is 5. The fraction of sp³-hybridized carbons (Fsp3) is 0.242. The maximum absolute atomic E-state index is 13.9. The number of carbonyl (C=O) groups excluding carboxylic acids is 3. The molecule has 0 saturated carbocycles. The standard InChI is InChI=1S/C33H26Cl2F3N5O3/c1-32(2)17-43(28-24(32)12-19(15-40-28)33(36,37)38)30(45)22-8-6-18(11-25(22)35)16-42-27(14-21-5-3-4-10-39-21)29(44)41-26-13-20(34)7-9-23(26)31(42)46/h3-13,15,27H,14,16-17H2,1-2H3,(H,41,44). The fourth-order valence-electron chi connectivity index (χ4n) is 5.78. The van der Waals surface area contributed by atoms with Gasteiger partial charge in [0.2, 0.25) is 5.91 Å². The van der Waals surface area contributed by atoms with Crippen LogP contribution in [0.3, 0.4) is 0 Å². The van der Waals surface area contributed by atoms with Crippen molar-refractivity contribution < 1.29 is 27.6 Å². The lowest BCUT2D eigenvalue weighted by Gasteiger charge is -2.29. The first-order valence-electron chi connectivity index (χ1n) is 14.2. The summed E-state index contributed by atoms with van der Waals surface area (Å²) in [6.45, 7) is 3.56. The van der Waals surface area contributed by atoms with E-state index < -0.39 is 40.9 Å². The molecule has 13 heteroatoms. The Morgan fingerprint density at radius 3 is 2.52 bits per heavy atom. The van der Waals surface area contributed by atoms with Crippen LogP contribution in [-0.2, 0) is 29.4 Å². The van der Waals surface area contributed by atoms with Crippen LogP contribution in [0, 0.1) is 0 Å². The Balaban J connectivity index is 1.31. The molecule has 8 nitrogen and oxygen atoms in total. The molecule has 6 rings (SSSR count). The average Bonchev–Trinajstić information content (AvgIpc) is 3.23. The minimum atomic E-state index is -4.57. The molecular weight excluding hydrogens is 642 g/mol. The minimum Gasteiger partial charge on any atom is -0.323 e. The molecule has 2 aromatic heterocycles. The molecule has 4 aromatic rings. The molecule has 3 amide bonds. The molecule has 4 heterocycles. The van der Waals surface area contributed by atoms with E-state index in [1.807, 2.05) is 0 Å². The monoisotopic (exact) mass is 667 g/mol. The molecule has 0 aliphatic carbocycles. The van der Waals surface area contributed by atoms with E-state index in [1.54, 1.807) is 56.4 Å². The van der Waals surface area contributed by atoms with Crippen LogP contribution in [0.1, 0.15) is 56.9 Å². The fourth-order valence-corrected chi connectivity index (χ4v) is 6.24. The molecule has 0 spiro atoms. The van der Waals surface area contributed by atoms with Crippen molar-refractivity contribution in [2.45, 2.75) is 44.4 Å². The highest BCUT2D eigenvalue weighted by Gasteiger charge is 2.43. The number of halogens is 5. The third-order valence-electron chi connectivity index (χ3n) is 8.13. The van der Waals surface area contributed by atoms with Gasteiger partial charge in [-0.2, -0.15) is 13.2 Å². The van der Waals surface area contributed by atoms with Gasteiger partial charge in [0.25, 0.3) is 11.8 Å². The van der Waals surface area contributed by atoms with Crippen molar-refractivity contribution in [3.8, 4) is 0 Å². The smallest absolute Gasteiger partial charge is 0.323 e. The van der Waals surface area contributed by atoms with Crippen LogP contribution in [0.25, 0.3) is 0 Å². The number of amides is 3. The highest BCUT2D eigenvalue weighted by molar-refractivity contribution is 6.34. The molecule has 1 unspecified atom stereocenters. The molecular formula is C33H26Cl2F3N5O3. The zero-order valence-electron chi connectivity index (χ0n) is 24.5. The second-order valence-corrected chi connectivity index (χ2v) is 12.7. The second kappa shape index (κ2) is 11.7. The Labute approximate surface area is 272 Å². The highest BCUT2D eigenvalue weighted by Crippen LogP contribution is 2.43. The van der Waals surface area contributed by atoms with Gasteiger partial charge in [-0.05, 0) is 54.1 Å². The van der Waals surface area contributed by atoms with Crippen molar-refractivity contribution >= 4 is 52.4 Å². The van der Waals surface area contributed by atoms with Gasteiger partial charge >= 0.3 is 6.18 Å². The van der Waals surface area contributed by atoms with E-state index in [0.717, 1.165) is 6.07 Å². The van der Waals surface area contributed by atoms with Gasteiger partial charge in [-0.25, -0.2) is 4.98 Å². The van der Waals surface area contributed by atoms with Crippen LogP contribution >= 0.6 is 23.2 Å². The quantitative estimate of drug-likeness (QED) is 0.249. The molecule has 2 aliphatic heterocycles. The molecule has 0 bridgehead atoms. The lowest BCUT2D eigenvalue weighted by molar-refractivity contribution is -0.137. The van der Waals surface area contributed by atoms with Crippen molar-refractivity contribution in [3.05, 3.63) is 117 Å². The number of hydrogen-bond donors (Lipinski definition) is 1. The SMILES string of the molecule is CC1(C)CN(C(=O)c2ccc(CN3C(=O)c4ccc(Cl)cc4NC(=O)C3Cc3ccccn3)cc2Cl)c2ncc(C(F)(F)F)cc21. The van der Waals surface area contributed by atoms with Crippen LogP contribution in [0.5, 0.6) is 0 Å². The number of benzene rings is 2. The molecule has 0 fully saturated rings. The van der Waals surface area contributed by atoms with Gasteiger partial charge in [0, 0.05) is 53.6 Å². The summed E-state index contributed by atoms with van der Waals surface area (Å²) in [6, 6.07) is 14.7. The van der Waals surface area contributed by atoms with Crippen molar-refractivity contribution in [3.63, 3.8) is 0 Å². The predicted molar refractivity (Wildman–Crippen MR) is 167 cm³/mol. The van der Waals surface area contributed by atoms with Crippen molar-refractivity contribution in [2.75, 3.05) is 16.8 Å². The van der Waals surface area contributed by atoms with Crippen LogP contribution in [0.15, 0.2) is 73.1 Å². The summed E-state index contributed by atoms with van der Waals surface area (Å²) >= 11 is 12.8. The number of nitrogens with one attached hydrogen (secondary N) is 1. The van der Waals surface area contributed by atoms with Crippen LogP contribution in [0.2, 0.25) is 10.0 Å². The number of carbonyl (C=O) groups is 3. The van der Waals surface area contributed by atoms with Gasteiger partial charge in [0.05, 0.1) is 27.4 Å². The summed E-state index contributed by atoms with van der Waals surface area (Å²) < 4.78 is 40.2. The number of pyridine rings is 2. The van der Waals surface area contributed by atoms with E-state index in [-0.39, 0.29) is 41.5 Å². The molecule has 0 saturated heterocycles. The summed E-state index contributed by atoms with van der Waals surface area (Å²) in [5, 5.41) is 3.24. The van der Waals surface area contributed by atoms with Crippen LogP contribution in [-0.4, -0.2) is 45.2 Å².